The van der Waals surface area contributed by atoms with Crippen molar-refractivity contribution in [3.05, 3.63) is 71.1 Å². The molecule has 0 spiro atoms. The Morgan fingerprint density at radius 1 is 1.15 bits per heavy atom. The molecule has 0 saturated carbocycles. The van der Waals surface area contributed by atoms with Crippen LogP contribution in [0.5, 0.6) is 0 Å². The summed E-state index contributed by atoms with van der Waals surface area (Å²) in [6.45, 7) is 1.74. The van der Waals surface area contributed by atoms with Gasteiger partial charge >= 0.3 is 0 Å². The van der Waals surface area contributed by atoms with E-state index in [0.717, 1.165) is 5.56 Å². The van der Waals surface area contributed by atoms with E-state index in [1.54, 1.807) is 49.6 Å². The van der Waals surface area contributed by atoms with E-state index in [0.29, 0.717) is 39.4 Å². The summed E-state index contributed by atoms with van der Waals surface area (Å²) in [6, 6.07) is 14.2. The van der Waals surface area contributed by atoms with Gasteiger partial charge in [-0.2, -0.15) is 5.10 Å². The molecule has 0 atom stereocenters. The number of aromatic amines is 1. The van der Waals surface area contributed by atoms with E-state index >= 15 is 0 Å². The second-order valence-electron chi connectivity index (χ2n) is 5.69. The molecule has 0 radical (unpaired) electrons. The van der Waals surface area contributed by atoms with Gasteiger partial charge in [-0.1, -0.05) is 11.6 Å². The maximum Gasteiger partial charge on any atom is 0.260 e. The summed E-state index contributed by atoms with van der Waals surface area (Å²) in [7, 11) is 0. The molecule has 0 unspecified atom stereocenters. The zero-order chi connectivity index (χ0) is 18.1. The maximum atomic E-state index is 12.6. The number of carbonyl (C=O) groups excluding carboxylic acids is 1. The average Bonchev–Trinajstić information content (AvgIpc) is 3.35. The fourth-order valence-electron chi connectivity index (χ4n) is 2.59. The van der Waals surface area contributed by atoms with Crippen molar-refractivity contribution in [2.45, 2.75) is 6.92 Å². The highest BCUT2D eigenvalue weighted by atomic mass is 35.5. The monoisotopic (exact) mass is 367 g/mol. The summed E-state index contributed by atoms with van der Waals surface area (Å²) in [6.07, 6.45) is 1.57. The van der Waals surface area contributed by atoms with E-state index in [4.69, 9.17) is 20.4 Å². The molecule has 3 heterocycles. The van der Waals surface area contributed by atoms with Crippen LogP contribution in [0.15, 0.2) is 63.6 Å². The number of hydrogen-bond acceptors (Lipinski definition) is 4. The number of anilines is 1. The summed E-state index contributed by atoms with van der Waals surface area (Å²) in [5.74, 6) is 1.86. The molecule has 6 nitrogen and oxygen atoms in total. The number of carbonyl (C=O) groups is 1. The maximum absolute atomic E-state index is 12.6. The summed E-state index contributed by atoms with van der Waals surface area (Å²) >= 11 is 5.90. The van der Waals surface area contributed by atoms with Gasteiger partial charge < -0.3 is 14.2 Å². The van der Waals surface area contributed by atoms with E-state index in [1.807, 2.05) is 12.1 Å². The zero-order valence-electron chi connectivity index (χ0n) is 13.7. The smallest absolute Gasteiger partial charge is 0.260 e. The van der Waals surface area contributed by atoms with Crippen molar-refractivity contribution >= 4 is 23.3 Å². The molecule has 0 aliphatic rings. The van der Waals surface area contributed by atoms with Crippen LogP contribution in [0.1, 0.15) is 16.1 Å². The molecule has 4 rings (SSSR count). The minimum Gasteiger partial charge on any atom is -0.463 e. The molecule has 0 bridgehead atoms. The Morgan fingerprint density at radius 2 is 1.96 bits per heavy atom. The number of furan rings is 2. The first-order valence-corrected chi connectivity index (χ1v) is 8.25. The Balaban J connectivity index is 1.54. The Labute approximate surface area is 153 Å². The standard InChI is InChI=1S/C19H14ClN3O3/c1-11-14(9-17(26-11)12-4-6-13(20)7-5-12)19(24)21-18-10-15(22-23-18)16-3-2-8-25-16/h2-10H,1H3,(H2,21,22,23,24). The normalized spacial score (nSPS) is 10.8. The molecule has 0 fully saturated rings. The van der Waals surface area contributed by atoms with Gasteiger partial charge in [0.25, 0.3) is 5.91 Å². The van der Waals surface area contributed by atoms with E-state index in [-0.39, 0.29) is 5.91 Å². The highest BCUT2D eigenvalue weighted by molar-refractivity contribution is 6.30. The lowest BCUT2D eigenvalue weighted by atomic mass is 10.1. The number of nitrogens with zero attached hydrogens (tertiary/aromatic N) is 1. The van der Waals surface area contributed by atoms with Crippen LogP contribution in [0.4, 0.5) is 5.82 Å². The van der Waals surface area contributed by atoms with Crippen molar-refractivity contribution in [3.8, 4) is 22.8 Å². The summed E-state index contributed by atoms with van der Waals surface area (Å²) < 4.78 is 11.0. The lowest BCUT2D eigenvalue weighted by molar-refractivity contribution is 0.102. The van der Waals surface area contributed by atoms with Gasteiger partial charge in [-0.05, 0) is 49.4 Å². The highest BCUT2D eigenvalue weighted by Gasteiger charge is 2.17. The summed E-state index contributed by atoms with van der Waals surface area (Å²) in [5, 5.41) is 10.3. The highest BCUT2D eigenvalue weighted by Crippen LogP contribution is 2.27. The fourth-order valence-corrected chi connectivity index (χ4v) is 2.72. The van der Waals surface area contributed by atoms with Crippen LogP contribution in [-0.2, 0) is 0 Å². The van der Waals surface area contributed by atoms with E-state index in [2.05, 4.69) is 15.5 Å². The first kappa shape index (κ1) is 16.2. The van der Waals surface area contributed by atoms with Crippen LogP contribution in [-0.4, -0.2) is 16.1 Å². The van der Waals surface area contributed by atoms with Crippen LogP contribution in [0.3, 0.4) is 0 Å². The largest absolute Gasteiger partial charge is 0.463 e. The number of halogens is 1. The number of nitrogens with one attached hydrogen (secondary N) is 2. The van der Waals surface area contributed by atoms with E-state index < -0.39 is 0 Å². The lowest BCUT2D eigenvalue weighted by Crippen LogP contribution is -2.12. The van der Waals surface area contributed by atoms with Crippen LogP contribution >= 0.6 is 11.6 Å². The third-order valence-electron chi connectivity index (χ3n) is 3.90. The molecule has 1 aromatic carbocycles. The van der Waals surface area contributed by atoms with Crippen LogP contribution < -0.4 is 5.32 Å². The topological polar surface area (TPSA) is 84.1 Å². The van der Waals surface area contributed by atoms with Gasteiger partial charge in [-0.25, -0.2) is 0 Å². The van der Waals surface area contributed by atoms with Crippen LogP contribution in [0.25, 0.3) is 22.8 Å². The van der Waals surface area contributed by atoms with Gasteiger partial charge in [0.15, 0.2) is 11.6 Å². The van der Waals surface area contributed by atoms with Crippen molar-refractivity contribution in [3.63, 3.8) is 0 Å². The zero-order valence-corrected chi connectivity index (χ0v) is 14.5. The second-order valence-corrected chi connectivity index (χ2v) is 6.12. The third-order valence-corrected chi connectivity index (χ3v) is 4.15. The number of H-pyrrole nitrogens is 1. The fraction of sp³-hybridized carbons (Fsp3) is 0.0526. The Kier molecular flexibility index (Phi) is 4.10. The van der Waals surface area contributed by atoms with Crippen molar-refractivity contribution in [1.29, 1.82) is 0 Å². The van der Waals surface area contributed by atoms with Crippen molar-refractivity contribution in [2.75, 3.05) is 5.32 Å². The molecular formula is C19H14ClN3O3. The van der Waals surface area contributed by atoms with E-state index in [1.165, 1.54) is 0 Å². The third kappa shape index (κ3) is 3.14. The van der Waals surface area contributed by atoms with Crippen molar-refractivity contribution in [2.24, 2.45) is 0 Å². The molecule has 2 N–H and O–H groups in total. The van der Waals surface area contributed by atoms with Crippen LogP contribution in [0, 0.1) is 6.92 Å². The summed E-state index contributed by atoms with van der Waals surface area (Å²) in [4.78, 5) is 12.6. The molecular weight excluding hydrogens is 354 g/mol. The molecule has 0 aliphatic carbocycles. The van der Waals surface area contributed by atoms with Crippen molar-refractivity contribution in [1.82, 2.24) is 10.2 Å². The van der Waals surface area contributed by atoms with Crippen LogP contribution in [0.2, 0.25) is 5.02 Å². The van der Waals surface area contributed by atoms with E-state index in [9.17, 15) is 4.79 Å². The van der Waals surface area contributed by atoms with Crippen molar-refractivity contribution < 1.29 is 13.6 Å². The Hall–Kier alpha value is -3.25. The molecule has 0 aliphatic heterocycles. The molecule has 3 aromatic heterocycles. The Morgan fingerprint density at radius 3 is 2.69 bits per heavy atom. The number of hydrogen-bond donors (Lipinski definition) is 2. The van der Waals surface area contributed by atoms with Gasteiger partial charge in [0, 0.05) is 16.7 Å². The quantitative estimate of drug-likeness (QED) is 0.522. The molecule has 0 saturated heterocycles. The first-order valence-electron chi connectivity index (χ1n) is 7.87. The van der Waals surface area contributed by atoms with Gasteiger partial charge in [-0.15, -0.1) is 0 Å². The average molecular weight is 368 g/mol. The van der Waals surface area contributed by atoms with Gasteiger partial charge in [0.2, 0.25) is 0 Å². The Bertz CT molecular complexity index is 1050. The van der Waals surface area contributed by atoms with Gasteiger partial charge in [-0.3, -0.25) is 9.89 Å². The number of aryl methyl sites for hydroxylation is 1. The number of amides is 1. The number of rotatable bonds is 4. The number of aromatic nitrogens is 2. The minimum absolute atomic E-state index is 0.302. The SMILES string of the molecule is Cc1oc(-c2ccc(Cl)cc2)cc1C(=O)Nc1cc(-c2ccco2)[nH]n1. The first-order chi connectivity index (χ1) is 12.6. The van der Waals surface area contributed by atoms with Gasteiger partial charge in [0.05, 0.1) is 11.8 Å². The predicted octanol–water partition coefficient (Wildman–Crippen LogP) is 5.14. The molecule has 130 valence electrons. The minimum atomic E-state index is -0.302. The molecule has 4 aromatic rings. The second kappa shape index (κ2) is 6.57. The predicted molar refractivity (Wildman–Crippen MR) is 98.1 cm³/mol. The molecule has 7 heteroatoms. The number of benzene rings is 1. The summed E-state index contributed by atoms with van der Waals surface area (Å²) in [5.41, 5.74) is 1.96. The molecule has 1 amide bonds. The molecule has 26 heavy (non-hydrogen) atoms. The van der Waals surface area contributed by atoms with Gasteiger partial charge in [0.1, 0.15) is 17.2 Å². The lowest BCUT2D eigenvalue weighted by Gasteiger charge is -1.98.